The van der Waals surface area contributed by atoms with E-state index in [1.807, 2.05) is 6.20 Å². The first-order chi connectivity index (χ1) is 10.2. The van der Waals surface area contributed by atoms with Crippen LogP contribution in [0, 0.1) is 13.8 Å². The molecule has 0 saturated carbocycles. The van der Waals surface area contributed by atoms with Crippen LogP contribution in [0.2, 0.25) is 0 Å². The molecule has 2 aromatic carbocycles. The summed E-state index contributed by atoms with van der Waals surface area (Å²) in [6, 6.07) is 15.0. The Morgan fingerprint density at radius 2 is 1.81 bits per heavy atom. The van der Waals surface area contributed by atoms with Gasteiger partial charge >= 0.3 is 0 Å². The van der Waals surface area contributed by atoms with E-state index in [4.69, 9.17) is 0 Å². The lowest BCUT2D eigenvalue weighted by Gasteiger charge is -2.09. The Morgan fingerprint density at radius 1 is 1.00 bits per heavy atom. The van der Waals surface area contributed by atoms with Crippen molar-refractivity contribution < 1.29 is 0 Å². The first-order valence-corrected chi connectivity index (χ1v) is 7.11. The number of aromatic nitrogens is 2. The van der Waals surface area contributed by atoms with Gasteiger partial charge in [-0.15, -0.1) is 0 Å². The molecule has 0 unspecified atom stereocenters. The van der Waals surface area contributed by atoms with Crippen molar-refractivity contribution in [1.82, 2.24) is 9.97 Å². The van der Waals surface area contributed by atoms with E-state index in [2.05, 4.69) is 71.6 Å². The zero-order valence-corrected chi connectivity index (χ0v) is 12.4. The molecule has 1 aromatic heterocycles. The van der Waals surface area contributed by atoms with Gasteiger partial charge in [0.05, 0.1) is 18.2 Å². The molecule has 3 nitrogen and oxygen atoms in total. The van der Waals surface area contributed by atoms with E-state index in [1.54, 1.807) is 6.33 Å². The van der Waals surface area contributed by atoms with Crippen molar-refractivity contribution in [1.29, 1.82) is 0 Å². The molecule has 0 fully saturated rings. The predicted molar refractivity (Wildman–Crippen MR) is 87.3 cm³/mol. The highest BCUT2D eigenvalue weighted by atomic mass is 14.9. The van der Waals surface area contributed by atoms with Gasteiger partial charge in [-0.1, -0.05) is 30.3 Å². The number of benzene rings is 2. The largest absolute Gasteiger partial charge is 0.381 e. The Bertz CT molecular complexity index is 713. The van der Waals surface area contributed by atoms with Crippen LogP contribution in [0.3, 0.4) is 0 Å². The molecule has 0 saturated heterocycles. The molecule has 3 heteroatoms. The average Bonchev–Trinajstić information content (AvgIpc) is 3.03. The summed E-state index contributed by atoms with van der Waals surface area (Å²) in [4.78, 5) is 7.15. The lowest BCUT2D eigenvalue weighted by molar-refractivity contribution is 1.13. The van der Waals surface area contributed by atoms with Crippen molar-refractivity contribution in [3.8, 4) is 11.3 Å². The third kappa shape index (κ3) is 3.14. The SMILES string of the molecule is Cc1ccc(CNc2ccc(-c3cnc[nH]3)cc2)cc1C. The molecule has 0 radical (unpaired) electrons. The van der Waals surface area contributed by atoms with E-state index >= 15 is 0 Å². The molecule has 0 bridgehead atoms. The van der Waals surface area contributed by atoms with Gasteiger partial charge in [0.25, 0.3) is 0 Å². The minimum Gasteiger partial charge on any atom is -0.381 e. The summed E-state index contributed by atoms with van der Waals surface area (Å²) >= 11 is 0. The molecular formula is C18H19N3. The second-order valence-electron chi connectivity index (χ2n) is 5.31. The topological polar surface area (TPSA) is 40.7 Å². The fourth-order valence-electron chi connectivity index (χ4n) is 2.30. The Balaban J connectivity index is 1.66. The fraction of sp³-hybridized carbons (Fsp3) is 0.167. The van der Waals surface area contributed by atoms with Crippen molar-refractivity contribution in [3.63, 3.8) is 0 Å². The van der Waals surface area contributed by atoms with Crippen LogP contribution < -0.4 is 5.32 Å². The maximum Gasteiger partial charge on any atom is 0.0924 e. The summed E-state index contributed by atoms with van der Waals surface area (Å²) in [5.41, 5.74) is 7.28. The van der Waals surface area contributed by atoms with Gasteiger partial charge in [-0.3, -0.25) is 0 Å². The fourth-order valence-corrected chi connectivity index (χ4v) is 2.30. The van der Waals surface area contributed by atoms with Crippen LogP contribution in [0.25, 0.3) is 11.3 Å². The second kappa shape index (κ2) is 5.83. The maximum absolute atomic E-state index is 4.04. The van der Waals surface area contributed by atoms with Crippen molar-refractivity contribution >= 4 is 5.69 Å². The van der Waals surface area contributed by atoms with E-state index in [0.717, 1.165) is 23.5 Å². The number of nitrogens with one attached hydrogen (secondary N) is 2. The number of H-pyrrole nitrogens is 1. The first-order valence-electron chi connectivity index (χ1n) is 7.11. The average molecular weight is 277 g/mol. The summed E-state index contributed by atoms with van der Waals surface area (Å²) in [5.74, 6) is 0. The molecule has 106 valence electrons. The van der Waals surface area contributed by atoms with Crippen molar-refractivity contribution in [2.75, 3.05) is 5.32 Å². The summed E-state index contributed by atoms with van der Waals surface area (Å²) < 4.78 is 0. The highest BCUT2D eigenvalue weighted by Crippen LogP contribution is 2.19. The number of aromatic amines is 1. The van der Waals surface area contributed by atoms with Gasteiger partial charge in [-0.25, -0.2) is 4.98 Å². The van der Waals surface area contributed by atoms with Gasteiger partial charge in [-0.05, 0) is 48.2 Å². The van der Waals surface area contributed by atoms with Gasteiger partial charge in [0, 0.05) is 12.2 Å². The van der Waals surface area contributed by atoms with Gasteiger partial charge in [0.1, 0.15) is 0 Å². The Kier molecular flexibility index (Phi) is 3.73. The number of hydrogen-bond donors (Lipinski definition) is 2. The minimum atomic E-state index is 0.838. The standard InChI is InChI=1S/C18H19N3/c1-13-3-4-15(9-14(13)2)10-20-17-7-5-16(6-8-17)18-11-19-12-21-18/h3-9,11-12,20H,10H2,1-2H3,(H,19,21). The number of imidazole rings is 1. The minimum absolute atomic E-state index is 0.838. The molecule has 3 rings (SSSR count). The molecule has 21 heavy (non-hydrogen) atoms. The van der Waals surface area contributed by atoms with Crippen molar-refractivity contribution in [2.45, 2.75) is 20.4 Å². The van der Waals surface area contributed by atoms with Crippen molar-refractivity contribution in [2.24, 2.45) is 0 Å². The van der Waals surface area contributed by atoms with Crippen LogP contribution in [0.4, 0.5) is 5.69 Å². The molecule has 0 aliphatic heterocycles. The van der Waals surface area contributed by atoms with E-state index in [0.29, 0.717) is 0 Å². The number of aryl methyl sites for hydroxylation is 2. The Hall–Kier alpha value is -2.55. The van der Waals surface area contributed by atoms with Gasteiger partial charge in [-0.2, -0.15) is 0 Å². The van der Waals surface area contributed by atoms with Crippen LogP contribution in [0.1, 0.15) is 16.7 Å². The first kappa shape index (κ1) is 13.4. The second-order valence-corrected chi connectivity index (χ2v) is 5.31. The van der Waals surface area contributed by atoms with E-state index in [-0.39, 0.29) is 0 Å². The Morgan fingerprint density at radius 3 is 2.48 bits per heavy atom. The lowest BCUT2D eigenvalue weighted by atomic mass is 10.1. The number of rotatable bonds is 4. The van der Waals surface area contributed by atoms with Gasteiger partial charge in [0.15, 0.2) is 0 Å². The zero-order valence-electron chi connectivity index (χ0n) is 12.4. The van der Waals surface area contributed by atoms with E-state index in [1.165, 1.54) is 16.7 Å². The van der Waals surface area contributed by atoms with Crippen LogP contribution in [0.15, 0.2) is 55.0 Å². The molecular weight excluding hydrogens is 258 g/mol. The number of hydrogen-bond acceptors (Lipinski definition) is 2. The molecule has 0 aliphatic rings. The van der Waals surface area contributed by atoms with Crippen molar-refractivity contribution in [3.05, 3.63) is 71.7 Å². The summed E-state index contributed by atoms with van der Waals surface area (Å²) in [6.45, 7) is 5.13. The smallest absolute Gasteiger partial charge is 0.0924 e. The molecule has 0 spiro atoms. The quantitative estimate of drug-likeness (QED) is 0.746. The highest BCUT2D eigenvalue weighted by molar-refractivity contribution is 5.61. The van der Waals surface area contributed by atoms with Crippen LogP contribution in [0.5, 0.6) is 0 Å². The van der Waals surface area contributed by atoms with Crippen LogP contribution in [-0.2, 0) is 6.54 Å². The predicted octanol–water partition coefficient (Wildman–Crippen LogP) is 4.31. The third-order valence-corrected chi connectivity index (χ3v) is 3.76. The van der Waals surface area contributed by atoms with E-state index < -0.39 is 0 Å². The summed E-state index contributed by atoms with van der Waals surface area (Å²) in [5, 5.41) is 3.45. The maximum atomic E-state index is 4.04. The van der Waals surface area contributed by atoms with Gasteiger partial charge < -0.3 is 10.3 Å². The summed E-state index contributed by atoms with van der Waals surface area (Å²) in [6.07, 6.45) is 3.53. The molecule has 0 atom stereocenters. The lowest BCUT2D eigenvalue weighted by Crippen LogP contribution is -2.00. The molecule has 3 aromatic rings. The van der Waals surface area contributed by atoms with Gasteiger partial charge in [0.2, 0.25) is 0 Å². The van der Waals surface area contributed by atoms with Crippen LogP contribution in [-0.4, -0.2) is 9.97 Å². The third-order valence-electron chi connectivity index (χ3n) is 3.76. The highest BCUT2D eigenvalue weighted by Gasteiger charge is 2.00. The zero-order chi connectivity index (χ0) is 14.7. The molecule has 1 heterocycles. The monoisotopic (exact) mass is 277 g/mol. The Labute approximate surface area is 125 Å². The molecule has 0 amide bonds. The van der Waals surface area contributed by atoms with E-state index in [9.17, 15) is 0 Å². The molecule has 0 aliphatic carbocycles. The summed E-state index contributed by atoms with van der Waals surface area (Å²) in [7, 11) is 0. The number of anilines is 1. The van der Waals surface area contributed by atoms with Crippen LogP contribution >= 0.6 is 0 Å². The molecule has 2 N–H and O–H groups in total. The normalized spacial score (nSPS) is 10.6. The number of nitrogens with zero attached hydrogens (tertiary/aromatic N) is 1.